The smallest absolute Gasteiger partial charge is 0.338 e. The van der Waals surface area contributed by atoms with Crippen LogP contribution in [0.4, 0.5) is 0 Å². The molecule has 0 N–H and O–H groups in total. The molecule has 7 bridgehead atoms. The van der Waals surface area contributed by atoms with Crippen LogP contribution in [-0.4, -0.2) is 115 Å². The van der Waals surface area contributed by atoms with Crippen LogP contribution in [0.3, 0.4) is 0 Å². The van der Waals surface area contributed by atoms with Gasteiger partial charge in [0.05, 0.1) is 44.7 Å². The monoisotopic (exact) mass is 657 g/mol. The van der Waals surface area contributed by atoms with E-state index in [1.165, 1.54) is 6.92 Å². The predicted octanol–water partition coefficient (Wildman–Crippen LogP) is 3.61. The fraction of sp³-hybridized carbons (Fsp3) is 0.778. The Morgan fingerprint density at radius 1 is 0.957 bits per heavy atom. The van der Waals surface area contributed by atoms with Gasteiger partial charge in [-0.2, -0.15) is 0 Å². The molecule has 47 heavy (non-hydrogen) atoms. The van der Waals surface area contributed by atoms with Gasteiger partial charge in [-0.15, -0.1) is 0 Å². The van der Waals surface area contributed by atoms with Crippen molar-refractivity contribution >= 4 is 11.9 Å². The number of hydrogen-bond acceptors (Lipinski definition) is 11. The molecule has 0 aromatic heterocycles. The Kier molecular flexibility index (Phi) is 8.35. The van der Waals surface area contributed by atoms with Gasteiger partial charge in [0, 0.05) is 88.9 Å². The first-order valence-electron chi connectivity index (χ1n) is 17.1. The zero-order valence-corrected chi connectivity index (χ0v) is 29.0. The van der Waals surface area contributed by atoms with Crippen molar-refractivity contribution in [1.29, 1.82) is 0 Å². The molecule has 6 fully saturated rings. The number of benzene rings is 1. The summed E-state index contributed by atoms with van der Waals surface area (Å²) < 4.78 is 49.8. The Labute approximate surface area is 277 Å². The molecule has 1 aromatic carbocycles. The van der Waals surface area contributed by atoms with Crippen LogP contribution >= 0.6 is 0 Å². The lowest BCUT2D eigenvalue weighted by atomic mass is 9.43. The van der Waals surface area contributed by atoms with Crippen molar-refractivity contribution in [2.75, 3.05) is 62.4 Å². The standard InChI is InChI=1S/C36H51NO10/c1-9-37-17-34(18-40-3)13-12-26(44-7)36-22-15-21-25(43-6)16-35(47-19(2)38,28(32(36)37)30(45-8)31(34)36)27(22)29(21)46-33(39)20-10-11-23(41-4)24(14-20)42-5/h10-11,14,21-22,25-32H,9,12-13,15-18H2,1-8H3/t21-,22-,25+,26+,27-,28+,29+,30+,31-,32?,34+,35-,36+/m1/s1. The highest BCUT2D eigenvalue weighted by Gasteiger charge is 2.88. The first-order valence-corrected chi connectivity index (χ1v) is 17.1. The van der Waals surface area contributed by atoms with E-state index >= 15 is 0 Å². The van der Waals surface area contributed by atoms with Gasteiger partial charge in [0.25, 0.3) is 0 Å². The minimum absolute atomic E-state index is 0.0254. The van der Waals surface area contributed by atoms with Crippen molar-refractivity contribution in [2.24, 2.45) is 40.4 Å². The third kappa shape index (κ3) is 4.22. The molecule has 13 atom stereocenters. The van der Waals surface area contributed by atoms with Crippen molar-refractivity contribution < 1.29 is 47.5 Å². The van der Waals surface area contributed by atoms with Crippen LogP contribution in [0.15, 0.2) is 18.2 Å². The number of methoxy groups -OCH3 is 6. The summed E-state index contributed by atoms with van der Waals surface area (Å²) >= 11 is 0. The van der Waals surface area contributed by atoms with E-state index < -0.39 is 17.7 Å². The highest BCUT2D eigenvalue weighted by Crippen LogP contribution is 2.80. The number of carbonyl (C=O) groups excluding carboxylic acids is 2. The molecule has 1 aromatic rings. The maximum atomic E-state index is 14.1. The van der Waals surface area contributed by atoms with Gasteiger partial charge >= 0.3 is 11.9 Å². The van der Waals surface area contributed by atoms with Crippen molar-refractivity contribution in [2.45, 2.75) is 75.6 Å². The molecule has 6 aliphatic rings. The van der Waals surface area contributed by atoms with Crippen LogP contribution in [0.2, 0.25) is 0 Å². The van der Waals surface area contributed by atoms with Gasteiger partial charge in [-0.1, -0.05) is 6.92 Å². The molecule has 7 rings (SSSR count). The quantitative estimate of drug-likeness (QED) is 0.326. The molecule has 1 heterocycles. The third-order valence-electron chi connectivity index (χ3n) is 13.5. The van der Waals surface area contributed by atoms with Crippen LogP contribution in [0.25, 0.3) is 0 Å². The first kappa shape index (κ1) is 33.1. The summed E-state index contributed by atoms with van der Waals surface area (Å²) in [4.78, 5) is 30.0. The first-order chi connectivity index (χ1) is 22.7. The highest BCUT2D eigenvalue weighted by atomic mass is 16.6. The number of ether oxygens (including phenoxy) is 8. The Bertz CT molecular complexity index is 1390. The Morgan fingerprint density at radius 3 is 2.34 bits per heavy atom. The number of rotatable bonds is 11. The molecule has 1 unspecified atom stereocenters. The number of esters is 2. The lowest BCUT2D eigenvalue weighted by Gasteiger charge is -2.69. The molecule has 5 saturated carbocycles. The normalized spacial score (nSPS) is 44.2. The summed E-state index contributed by atoms with van der Waals surface area (Å²) in [5.41, 5.74) is -1.10. The third-order valence-corrected chi connectivity index (χ3v) is 13.5. The topological polar surface area (TPSA) is 111 Å². The molecule has 5 aliphatic carbocycles. The Morgan fingerprint density at radius 2 is 1.72 bits per heavy atom. The number of piperidine rings is 1. The van der Waals surface area contributed by atoms with E-state index in [-0.39, 0.29) is 70.7 Å². The minimum Gasteiger partial charge on any atom is -0.493 e. The lowest BCUT2D eigenvalue weighted by Crippen LogP contribution is -2.77. The second-order valence-corrected chi connectivity index (χ2v) is 14.8. The van der Waals surface area contributed by atoms with Crippen molar-refractivity contribution in [3.05, 3.63) is 23.8 Å². The molecular formula is C36H51NO10. The SMILES string of the molecule is CCN1C[C@]2(COC)CC[C@H](OC)[C@]34C1[C@H]([C@H](OC)[C@H]23)[C@@]1(OC(C)=O)C[C@H](OC)[C@H]2C[C@@H]4[C@@H]1[C@H]2OC(=O)c1ccc(OC)c(OC)c1. The van der Waals surface area contributed by atoms with E-state index in [0.29, 0.717) is 30.1 Å². The fourth-order valence-electron chi connectivity index (χ4n) is 12.7. The Balaban J connectivity index is 1.42. The van der Waals surface area contributed by atoms with E-state index in [9.17, 15) is 9.59 Å². The summed E-state index contributed by atoms with van der Waals surface area (Å²) in [5.74, 6) is -0.209. The average Bonchev–Trinajstić information content (AvgIpc) is 3.49. The molecule has 0 radical (unpaired) electrons. The summed E-state index contributed by atoms with van der Waals surface area (Å²) in [6.07, 6.45) is 2.08. The number of likely N-dealkylation sites (tertiary alicyclic amines) is 1. The summed E-state index contributed by atoms with van der Waals surface area (Å²) in [6.45, 7) is 6.06. The summed E-state index contributed by atoms with van der Waals surface area (Å²) in [7, 11) is 10.2. The van der Waals surface area contributed by atoms with Gasteiger partial charge in [0.2, 0.25) is 0 Å². The van der Waals surface area contributed by atoms with Crippen LogP contribution in [0.1, 0.15) is 49.9 Å². The largest absolute Gasteiger partial charge is 0.493 e. The van der Waals surface area contributed by atoms with E-state index in [1.54, 1.807) is 53.7 Å². The van der Waals surface area contributed by atoms with E-state index in [4.69, 9.17) is 37.9 Å². The molecule has 260 valence electrons. The van der Waals surface area contributed by atoms with Gasteiger partial charge in [0.1, 0.15) is 11.7 Å². The van der Waals surface area contributed by atoms with Crippen molar-refractivity contribution in [1.82, 2.24) is 4.90 Å². The molecular weight excluding hydrogens is 606 g/mol. The molecule has 1 spiro atoms. The number of hydrogen-bond donors (Lipinski definition) is 0. The van der Waals surface area contributed by atoms with E-state index in [2.05, 4.69) is 11.8 Å². The van der Waals surface area contributed by atoms with Crippen LogP contribution in [-0.2, 0) is 33.2 Å². The molecule has 0 amide bonds. The number of fused-ring (bicyclic) bond motifs is 2. The van der Waals surface area contributed by atoms with Gasteiger partial charge in [-0.05, 0) is 49.9 Å². The van der Waals surface area contributed by atoms with Gasteiger partial charge in [0.15, 0.2) is 11.5 Å². The molecule has 1 aliphatic heterocycles. The average molecular weight is 658 g/mol. The van der Waals surface area contributed by atoms with Crippen molar-refractivity contribution in [3.63, 3.8) is 0 Å². The molecule has 11 heteroatoms. The maximum absolute atomic E-state index is 14.1. The second-order valence-electron chi connectivity index (χ2n) is 14.8. The van der Waals surface area contributed by atoms with Gasteiger partial charge < -0.3 is 37.9 Å². The Hall–Kier alpha value is -2.44. The predicted molar refractivity (Wildman–Crippen MR) is 169 cm³/mol. The minimum atomic E-state index is -0.977. The van der Waals surface area contributed by atoms with E-state index in [1.807, 2.05) is 7.11 Å². The second kappa shape index (κ2) is 11.9. The van der Waals surface area contributed by atoms with Crippen LogP contribution in [0, 0.1) is 40.4 Å². The fourth-order valence-corrected chi connectivity index (χ4v) is 12.7. The zero-order chi connectivity index (χ0) is 33.5. The molecule has 11 nitrogen and oxygen atoms in total. The van der Waals surface area contributed by atoms with Crippen molar-refractivity contribution in [3.8, 4) is 11.5 Å². The summed E-state index contributed by atoms with van der Waals surface area (Å²) in [6, 6.07) is 5.10. The lowest BCUT2D eigenvalue weighted by molar-refractivity contribution is -0.280. The van der Waals surface area contributed by atoms with E-state index in [0.717, 1.165) is 32.4 Å². The molecule has 1 saturated heterocycles. The van der Waals surface area contributed by atoms with Gasteiger partial charge in [-0.25, -0.2) is 4.79 Å². The number of nitrogens with zero attached hydrogens (tertiary/aromatic N) is 1. The zero-order valence-electron chi connectivity index (χ0n) is 29.0. The van der Waals surface area contributed by atoms with Crippen LogP contribution < -0.4 is 9.47 Å². The maximum Gasteiger partial charge on any atom is 0.338 e. The number of carbonyl (C=O) groups is 2. The van der Waals surface area contributed by atoms with Crippen LogP contribution in [0.5, 0.6) is 11.5 Å². The van der Waals surface area contributed by atoms with Gasteiger partial charge in [-0.3, -0.25) is 9.69 Å². The highest BCUT2D eigenvalue weighted by molar-refractivity contribution is 5.90. The summed E-state index contributed by atoms with van der Waals surface area (Å²) in [5, 5.41) is 0.